The van der Waals surface area contributed by atoms with Crippen LogP contribution >= 0.6 is 0 Å². The smallest absolute Gasteiger partial charge is 0.270 e. The van der Waals surface area contributed by atoms with Gasteiger partial charge in [-0.1, -0.05) is 11.2 Å². The van der Waals surface area contributed by atoms with E-state index in [1.165, 1.54) is 0 Å². The Hall–Kier alpha value is -3.28. The molecule has 186 valence electrons. The fourth-order valence-corrected chi connectivity index (χ4v) is 4.24. The lowest BCUT2D eigenvalue weighted by Crippen LogP contribution is -2.43. The molecule has 35 heavy (non-hydrogen) atoms. The van der Waals surface area contributed by atoms with Crippen LogP contribution in [0.2, 0.25) is 0 Å². The number of rotatable bonds is 6. The van der Waals surface area contributed by atoms with Crippen molar-refractivity contribution in [3.05, 3.63) is 47.0 Å². The number of carbonyl (C=O) groups is 1. The number of amides is 1. The molecule has 2 aromatic rings. The maximum Gasteiger partial charge on any atom is 0.270 e. The quantitative estimate of drug-likeness (QED) is 0.622. The molecule has 3 aliphatic heterocycles. The van der Waals surface area contributed by atoms with Crippen molar-refractivity contribution in [1.29, 1.82) is 0 Å². The summed E-state index contributed by atoms with van der Waals surface area (Å²) < 4.78 is 17.1. The van der Waals surface area contributed by atoms with Gasteiger partial charge in [0.05, 0.1) is 31.2 Å². The second kappa shape index (κ2) is 9.76. The number of nitrogens with one attached hydrogen (secondary N) is 1. The summed E-state index contributed by atoms with van der Waals surface area (Å²) in [6.07, 6.45) is -0.466. The lowest BCUT2D eigenvalue weighted by atomic mass is 10.0. The molecule has 1 aromatic carbocycles. The highest BCUT2D eigenvalue weighted by Gasteiger charge is 2.35. The van der Waals surface area contributed by atoms with Crippen molar-refractivity contribution >= 4 is 17.3 Å². The van der Waals surface area contributed by atoms with E-state index in [0.717, 1.165) is 17.0 Å². The van der Waals surface area contributed by atoms with Crippen LogP contribution in [0.3, 0.4) is 0 Å². The highest BCUT2D eigenvalue weighted by Crippen LogP contribution is 2.36. The standard InChI is InChI=1S/C24H29N5O6/c1-13-26-17(18-8-22(35-28-18)23-12-32-16(10-30)11-33-23)7-19(27-13)24(31)25-9-15-4-5-21-20(6-15)29(3)14(2)34-21/h4-7,14,16,22-23,30H,8-12H2,1-3H3,(H,25,31). The van der Waals surface area contributed by atoms with E-state index < -0.39 is 0 Å². The largest absolute Gasteiger partial charge is 0.469 e. The zero-order valence-electron chi connectivity index (χ0n) is 19.9. The van der Waals surface area contributed by atoms with Gasteiger partial charge in [0.25, 0.3) is 5.91 Å². The number of ether oxygens (including phenoxy) is 3. The number of hydrogen-bond acceptors (Lipinski definition) is 10. The number of hydrogen-bond donors (Lipinski definition) is 2. The molecular weight excluding hydrogens is 454 g/mol. The van der Waals surface area contributed by atoms with Gasteiger partial charge in [-0.3, -0.25) is 4.79 Å². The van der Waals surface area contributed by atoms with Gasteiger partial charge < -0.3 is 34.4 Å². The molecule has 0 radical (unpaired) electrons. The zero-order chi connectivity index (χ0) is 24.5. The summed E-state index contributed by atoms with van der Waals surface area (Å²) in [5.74, 6) is 1.000. The van der Waals surface area contributed by atoms with Crippen molar-refractivity contribution in [2.75, 3.05) is 31.8 Å². The zero-order valence-corrected chi connectivity index (χ0v) is 19.9. The van der Waals surface area contributed by atoms with Gasteiger partial charge in [0.2, 0.25) is 0 Å². The van der Waals surface area contributed by atoms with Crippen LogP contribution in [0.1, 0.15) is 40.9 Å². The molecule has 4 heterocycles. The van der Waals surface area contributed by atoms with Gasteiger partial charge >= 0.3 is 0 Å². The molecule has 11 nitrogen and oxygen atoms in total. The minimum absolute atomic E-state index is 0.0195. The lowest BCUT2D eigenvalue weighted by molar-refractivity contribution is -0.178. The molecule has 1 fully saturated rings. The van der Waals surface area contributed by atoms with E-state index >= 15 is 0 Å². The summed E-state index contributed by atoms with van der Waals surface area (Å²) in [7, 11) is 1.98. The first kappa shape index (κ1) is 23.5. The van der Waals surface area contributed by atoms with E-state index in [0.29, 0.717) is 43.4 Å². The number of aliphatic hydroxyl groups is 1. The number of benzene rings is 1. The monoisotopic (exact) mass is 483 g/mol. The summed E-state index contributed by atoms with van der Waals surface area (Å²) in [6.45, 7) is 4.62. The minimum Gasteiger partial charge on any atom is -0.469 e. The van der Waals surface area contributed by atoms with Crippen LogP contribution in [-0.4, -0.2) is 78.1 Å². The van der Waals surface area contributed by atoms with Crippen molar-refractivity contribution < 1.29 is 28.9 Å². The maximum absolute atomic E-state index is 12.9. The summed E-state index contributed by atoms with van der Waals surface area (Å²) in [4.78, 5) is 29.3. The van der Waals surface area contributed by atoms with E-state index in [2.05, 4.69) is 20.4 Å². The Balaban J connectivity index is 1.22. The molecule has 0 bridgehead atoms. The van der Waals surface area contributed by atoms with Gasteiger partial charge in [0, 0.05) is 20.0 Å². The number of aliphatic hydroxyl groups excluding tert-OH is 1. The van der Waals surface area contributed by atoms with Crippen molar-refractivity contribution in [3.63, 3.8) is 0 Å². The second-order valence-electron chi connectivity index (χ2n) is 8.89. The Labute approximate surface area is 203 Å². The Morgan fingerprint density at radius 3 is 2.83 bits per heavy atom. The van der Waals surface area contributed by atoms with Crippen LogP contribution < -0.4 is 15.0 Å². The molecule has 11 heteroatoms. The third-order valence-corrected chi connectivity index (χ3v) is 6.37. The normalized spacial score (nSPS) is 25.5. The maximum atomic E-state index is 12.9. The van der Waals surface area contributed by atoms with Crippen LogP contribution in [0.4, 0.5) is 5.69 Å². The molecule has 1 amide bonds. The molecule has 0 saturated carbocycles. The first-order valence-corrected chi connectivity index (χ1v) is 11.6. The van der Waals surface area contributed by atoms with E-state index in [9.17, 15) is 9.90 Å². The Bertz CT molecular complexity index is 1130. The van der Waals surface area contributed by atoms with Crippen LogP contribution in [0.5, 0.6) is 5.75 Å². The molecule has 4 atom stereocenters. The van der Waals surface area contributed by atoms with Crippen LogP contribution in [0.15, 0.2) is 29.4 Å². The molecule has 0 aliphatic carbocycles. The van der Waals surface area contributed by atoms with Crippen LogP contribution in [0, 0.1) is 6.92 Å². The van der Waals surface area contributed by atoms with Crippen molar-refractivity contribution in [2.24, 2.45) is 5.16 Å². The Morgan fingerprint density at radius 2 is 2.06 bits per heavy atom. The Kier molecular flexibility index (Phi) is 6.54. The third kappa shape index (κ3) is 4.93. The molecule has 1 aromatic heterocycles. The number of oxime groups is 1. The van der Waals surface area contributed by atoms with Crippen LogP contribution in [0.25, 0.3) is 0 Å². The summed E-state index contributed by atoms with van der Waals surface area (Å²) in [5, 5.41) is 16.3. The average Bonchev–Trinajstić information content (AvgIpc) is 3.47. The number of carbonyl (C=O) groups excluding carboxylic acids is 1. The van der Waals surface area contributed by atoms with Gasteiger partial charge in [-0.05, 0) is 37.6 Å². The molecule has 2 N–H and O–H groups in total. The SMILES string of the molecule is Cc1nc(C(=O)NCc2ccc3c(c2)N(C)C(C)O3)cc(C2=NOC(C3COC(CO)CO3)C2)n1. The first-order valence-electron chi connectivity index (χ1n) is 11.6. The van der Waals surface area contributed by atoms with Gasteiger partial charge in [0.1, 0.15) is 35.2 Å². The van der Waals surface area contributed by atoms with Gasteiger partial charge in [-0.2, -0.15) is 0 Å². The minimum atomic E-state index is -0.318. The van der Waals surface area contributed by atoms with E-state index in [1.807, 2.05) is 37.1 Å². The lowest BCUT2D eigenvalue weighted by Gasteiger charge is -2.30. The number of anilines is 1. The van der Waals surface area contributed by atoms with Gasteiger partial charge in [-0.15, -0.1) is 0 Å². The Morgan fingerprint density at radius 1 is 1.20 bits per heavy atom. The highest BCUT2D eigenvalue weighted by atomic mass is 16.7. The number of aromatic nitrogens is 2. The molecular formula is C24H29N5O6. The van der Waals surface area contributed by atoms with Crippen molar-refractivity contribution in [2.45, 2.75) is 51.4 Å². The fraction of sp³-hybridized carbons (Fsp3) is 0.500. The predicted molar refractivity (Wildman–Crippen MR) is 125 cm³/mol. The van der Waals surface area contributed by atoms with Gasteiger partial charge in [0.15, 0.2) is 12.3 Å². The molecule has 5 rings (SSSR count). The molecule has 0 spiro atoms. The van der Waals surface area contributed by atoms with E-state index in [1.54, 1.807) is 13.0 Å². The molecule has 1 saturated heterocycles. The second-order valence-corrected chi connectivity index (χ2v) is 8.89. The molecule has 3 aliphatic rings. The van der Waals surface area contributed by atoms with Crippen molar-refractivity contribution in [3.8, 4) is 5.75 Å². The average molecular weight is 484 g/mol. The van der Waals surface area contributed by atoms with Crippen molar-refractivity contribution in [1.82, 2.24) is 15.3 Å². The highest BCUT2D eigenvalue weighted by molar-refractivity contribution is 6.02. The van der Waals surface area contributed by atoms with Crippen LogP contribution in [-0.2, 0) is 20.9 Å². The van der Waals surface area contributed by atoms with Gasteiger partial charge in [-0.25, -0.2) is 9.97 Å². The number of aryl methyl sites for hydroxylation is 1. The van der Waals surface area contributed by atoms with E-state index in [4.69, 9.17) is 19.0 Å². The number of nitrogens with zero attached hydrogens (tertiary/aromatic N) is 4. The summed E-state index contributed by atoms with van der Waals surface area (Å²) >= 11 is 0. The first-order chi connectivity index (χ1) is 16.9. The molecule has 4 unspecified atom stereocenters. The predicted octanol–water partition coefficient (Wildman–Crippen LogP) is 1.16. The summed E-state index contributed by atoms with van der Waals surface area (Å²) in [5.41, 5.74) is 3.38. The number of fused-ring (bicyclic) bond motifs is 1. The topological polar surface area (TPSA) is 128 Å². The fourth-order valence-electron chi connectivity index (χ4n) is 4.24. The van der Waals surface area contributed by atoms with E-state index in [-0.39, 0.29) is 42.7 Å². The third-order valence-electron chi connectivity index (χ3n) is 6.37. The summed E-state index contributed by atoms with van der Waals surface area (Å²) in [6, 6.07) is 7.49.